The van der Waals surface area contributed by atoms with Crippen molar-refractivity contribution < 1.29 is 4.74 Å². The number of thiazole rings is 1. The van der Waals surface area contributed by atoms with Crippen LogP contribution in [-0.2, 0) is 0 Å². The number of H-pyrrole nitrogens is 1. The summed E-state index contributed by atoms with van der Waals surface area (Å²) in [5, 5.41) is 13.9. The van der Waals surface area contributed by atoms with Gasteiger partial charge in [0.2, 0.25) is 5.13 Å². The normalized spacial score (nSPS) is 11.3. The second-order valence-corrected chi connectivity index (χ2v) is 7.29. The molecular formula is C21H19N5O2S. The lowest BCUT2D eigenvalue weighted by molar-refractivity contribution is 0.415. The molecule has 29 heavy (non-hydrogen) atoms. The molecule has 0 saturated carbocycles. The number of aryl methyl sites for hydroxylation is 2. The minimum atomic E-state index is -0.282. The van der Waals surface area contributed by atoms with Gasteiger partial charge in [-0.05, 0) is 49.7 Å². The third kappa shape index (κ3) is 3.74. The topological polar surface area (TPSA) is 84.6 Å². The summed E-state index contributed by atoms with van der Waals surface area (Å²) in [6, 6.07) is 15.3. The second-order valence-electron chi connectivity index (χ2n) is 6.46. The highest BCUT2D eigenvalue weighted by atomic mass is 32.1. The molecule has 2 heterocycles. The molecule has 8 heteroatoms. The first-order valence-corrected chi connectivity index (χ1v) is 9.84. The molecule has 7 nitrogen and oxygen atoms in total. The van der Waals surface area contributed by atoms with Crippen molar-refractivity contribution in [2.24, 2.45) is 10.2 Å². The molecule has 0 radical (unpaired) electrons. The van der Waals surface area contributed by atoms with Crippen LogP contribution in [0.2, 0.25) is 0 Å². The van der Waals surface area contributed by atoms with Gasteiger partial charge >= 0.3 is 5.56 Å². The maximum atomic E-state index is 12.9. The number of nitrogens with zero attached hydrogens (tertiary/aromatic N) is 4. The molecule has 0 atom stereocenters. The molecule has 4 rings (SSSR count). The van der Waals surface area contributed by atoms with Crippen LogP contribution >= 0.6 is 11.3 Å². The first kappa shape index (κ1) is 18.8. The number of methoxy groups -OCH3 is 1. The molecule has 0 aliphatic carbocycles. The first-order chi connectivity index (χ1) is 14.1. The monoisotopic (exact) mass is 405 g/mol. The number of azo groups is 1. The van der Waals surface area contributed by atoms with Gasteiger partial charge in [-0.25, -0.2) is 4.98 Å². The number of aromatic nitrogens is 3. The summed E-state index contributed by atoms with van der Waals surface area (Å²) >= 11 is 1.38. The van der Waals surface area contributed by atoms with Gasteiger partial charge in [0.15, 0.2) is 5.69 Å². The molecule has 2 aromatic heterocycles. The number of hydrogen-bond acceptors (Lipinski definition) is 6. The summed E-state index contributed by atoms with van der Waals surface area (Å²) in [6.07, 6.45) is 0. The quantitative estimate of drug-likeness (QED) is 0.455. The number of nitrogens with one attached hydrogen (secondary N) is 1. The highest BCUT2D eigenvalue weighted by molar-refractivity contribution is 7.12. The minimum Gasteiger partial charge on any atom is -0.497 e. The van der Waals surface area contributed by atoms with Gasteiger partial charge in [-0.3, -0.25) is 9.89 Å². The molecule has 2 aromatic carbocycles. The van der Waals surface area contributed by atoms with E-state index in [0.29, 0.717) is 10.8 Å². The Hall–Kier alpha value is -3.52. The average Bonchev–Trinajstić information content (AvgIpc) is 3.33. The van der Waals surface area contributed by atoms with E-state index in [0.717, 1.165) is 28.3 Å². The van der Waals surface area contributed by atoms with Gasteiger partial charge in [0, 0.05) is 10.9 Å². The van der Waals surface area contributed by atoms with E-state index in [-0.39, 0.29) is 11.2 Å². The van der Waals surface area contributed by atoms with E-state index in [1.54, 1.807) is 14.0 Å². The Bertz CT molecular complexity index is 1230. The van der Waals surface area contributed by atoms with Crippen LogP contribution in [-0.4, -0.2) is 21.9 Å². The first-order valence-electron chi connectivity index (χ1n) is 8.96. The van der Waals surface area contributed by atoms with E-state index >= 15 is 0 Å². The molecule has 1 N–H and O–H groups in total. The van der Waals surface area contributed by atoms with Gasteiger partial charge in [0.05, 0.1) is 24.2 Å². The highest BCUT2D eigenvalue weighted by Gasteiger charge is 2.15. The van der Waals surface area contributed by atoms with Gasteiger partial charge in [-0.2, -0.15) is 9.80 Å². The standard InChI is InChI=1S/C21H19N5O2S/c1-13-6-4-5-7-17(13)23-24-19-14(2)25-26(20(19)27)21-22-18(12-29-21)15-8-10-16(28-3)11-9-15/h4-12,25H,1-3H3. The summed E-state index contributed by atoms with van der Waals surface area (Å²) in [7, 11) is 1.63. The Labute approximate surface area is 171 Å². The zero-order valence-corrected chi connectivity index (χ0v) is 17.0. The molecular weight excluding hydrogens is 386 g/mol. The van der Waals surface area contributed by atoms with Gasteiger partial charge in [-0.1, -0.05) is 18.2 Å². The van der Waals surface area contributed by atoms with Crippen LogP contribution in [0.1, 0.15) is 11.3 Å². The van der Waals surface area contributed by atoms with Crippen molar-refractivity contribution in [3.05, 3.63) is 75.5 Å². The lowest BCUT2D eigenvalue weighted by Gasteiger charge is -2.00. The van der Waals surface area contributed by atoms with Crippen molar-refractivity contribution in [2.75, 3.05) is 7.11 Å². The molecule has 0 fully saturated rings. The molecule has 0 bridgehead atoms. The second kappa shape index (κ2) is 7.84. The molecule has 0 spiro atoms. The van der Waals surface area contributed by atoms with E-state index in [9.17, 15) is 4.79 Å². The fourth-order valence-corrected chi connectivity index (χ4v) is 3.62. The third-order valence-corrected chi connectivity index (χ3v) is 5.31. The van der Waals surface area contributed by atoms with E-state index in [4.69, 9.17) is 4.74 Å². The summed E-state index contributed by atoms with van der Waals surface area (Å²) in [6.45, 7) is 3.75. The predicted octanol–water partition coefficient (Wildman–Crippen LogP) is 5.33. The number of aromatic amines is 1. The molecule has 146 valence electrons. The summed E-state index contributed by atoms with van der Waals surface area (Å²) in [5.74, 6) is 0.782. The van der Waals surface area contributed by atoms with Crippen molar-refractivity contribution in [2.45, 2.75) is 13.8 Å². The average molecular weight is 405 g/mol. The minimum absolute atomic E-state index is 0.273. The fraction of sp³-hybridized carbons (Fsp3) is 0.143. The van der Waals surface area contributed by atoms with Crippen LogP contribution in [0.3, 0.4) is 0 Å². The Morgan fingerprint density at radius 2 is 1.83 bits per heavy atom. The molecule has 0 aliphatic rings. The maximum absolute atomic E-state index is 12.9. The number of rotatable bonds is 5. The zero-order chi connectivity index (χ0) is 20.4. The van der Waals surface area contributed by atoms with Crippen molar-refractivity contribution >= 4 is 22.7 Å². The van der Waals surface area contributed by atoms with Crippen molar-refractivity contribution in [1.29, 1.82) is 0 Å². The van der Waals surface area contributed by atoms with Crippen molar-refractivity contribution in [1.82, 2.24) is 14.8 Å². The Morgan fingerprint density at radius 3 is 2.55 bits per heavy atom. The number of benzene rings is 2. The van der Waals surface area contributed by atoms with Crippen molar-refractivity contribution in [3.63, 3.8) is 0 Å². The third-order valence-electron chi connectivity index (χ3n) is 4.48. The lowest BCUT2D eigenvalue weighted by Crippen LogP contribution is -2.13. The molecule has 0 amide bonds. The van der Waals surface area contributed by atoms with E-state index < -0.39 is 0 Å². The van der Waals surface area contributed by atoms with Gasteiger partial charge < -0.3 is 4.74 Å². The molecule has 0 aliphatic heterocycles. The van der Waals surface area contributed by atoms with Gasteiger partial charge in [-0.15, -0.1) is 16.5 Å². The lowest BCUT2D eigenvalue weighted by atomic mass is 10.2. The van der Waals surface area contributed by atoms with Crippen LogP contribution in [0.4, 0.5) is 11.4 Å². The van der Waals surface area contributed by atoms with Crippen LogP contribution in [0.5, 0.6) is 5.75 Å². The fourth-order valence-electron chi connectivity index (χ4n) is 2.83. The van der Waals surface area contributed by atoms with Crippen molar-refractivity contribution in [3.8, 4) is 22.1 Å². The van der Waals surface area contributed by atoms with Gasteiger partial charge in [0.1, 0.15) is 5.75 Å². The largest absolute Gasteiger partial charge is 0.497 e. The number of ether oxygens (including phenoxy) is 1. The zero-order valence-electron chi connectivity index (χ0n) is 16.2. The summed E-state index contributed by atoms with van der Waals surface area (Å²) < 4.78 is 6.59. The van der Waals surface area contributed by atoms with E-state index in [1.165, 1.54) is 16.0 Å². The van der Waals surface area contributed by atoms with E-state index in [2.05, 4.69) is 20.3 Å². The van der Waals surface area contributed by atoms with Crippen LogP contribution < -0.4 is 10.3 Å². The number of hydrogen-bond donors (Lipinski definition) is 1. The molecule has 0 unspecified atom stereocenters. The SMILES string of the molecule is COc1ccc(-c2csc(-n3[nH]c(C)c(N=Nc4ccccc4C)c3=O)n2)cc1. The molecule has 4 aromatic rings. The van der Waals surface area contributed by atoms with Crippen LogP contribution in [0.25, 0.3) is 16.4 Å². The molecule has 0 saturated heterocycles. The Balaban J connectivity index is 1.65. The van der Waals surface area contributed by atoms with E-state index in [1.807, 2.05) is 60.8 Å². The Kier molecular flexibility index (Phi) is 5.09. The van der Waals surface area contributed by atoms with Gasteiger partial charge in [0.25, 0.3) is 0 Å². The van der Waals surface area contributed by atoms with Crippen LogP contribution in [0.15, 0.2) is 68.9 Å². The summed E-state index contributed by atoms with van der Waals surface area (Å²) in [5.41, 5.74) is 4.08. The van der Waals surface area contributed by atoms with Crippen LogP contribution in [0, 0.1) is 13.8 Å². The summed E-state index contributed by atoms with van der Waals surface area (Å²) in [4.78, 5) is 17.4. The smallest absolute Gasteiger partial charge is 0.301 e. The highest BCUT2D eigenvalue weighted by Crippen LogP contribution is 2.26. The predicted molar refractivity (Wildman–Crippen MR) is 114 cm³/mol. The Morgan fingerprint density at radius 1 is 1.07 bits per heavy atom. The maximum Gasteiger partial charge on any atom is 0.301 e.